The molecule has 16 nitrogen and oxygen atoms in total. The number of anilines is 1. The summed E-state index contributed by atoms with van der Waals surface area (Å²) in [5.74, 6) is -0.568. The average Bonchev–Trinajstić information content (AvgIpc) is 4.10. The molecule has 306 valence electrons. The van der Waals surface area contributed by atoms with Gasteiger partial charge in [-0.05, 0) is 57.1 Å². The maximum Gasteiger partial charge on any atom is 0.301 e. The van der Waals surface area contributed by atoms with Crippen molar-refractivity contribution in [1.82, 2.24) is 45.6 Å². The van der Waals surface area contributed by atoms with Crippen LogP contribution in [0.5, 0.6) is 0 Å². The highest BCUT2D eigenvalue weighted by Crippen LogP contribution is 2.34. The van der Waals surface area contributed by atoms with E-state index in [1.807, 2.05) is 66.9 Å². The number of amides is 3. The van der Waals surface area contributed by atoms with E-state index in [2.05, 4.69) is 46.1 Å². The zero-order valence-electron chi connectivity index (χ0n) is 32.5. The third-order valence-electron chi connectivity index (χ3n) is 10.2. The van der Waals surface area contributed by atoms with Crippen LogP contribution >= 0.6 is 34.0 Å². The summed E-state index contributed by atoms with van der Waals surface area (Å²) < 4.78 is 1.36. The van der Waals surface area contributed by atoms with E-state index in [9.17, 15) is 19.2 Å². The highest BCUT2D eigenvalue weighted by atomic mass is 32.1. The standard InChI is InChI=1S/C41H40N12O4S3/c1-23(29-13-12-28-31(42)34(37(56)43-2)60-38(28)47-29)46-36(55)27-14-18-52(19-15-27)20-16-44-35(54)26-10-8-24(9-11-26)30-22-59-41(48-30)53-39(57)33(49-50-40-45-17-21-58-40)32(51-53)25-6-4-3-5-7-25/h3-13,17,21-23,27,51H,14-16,18-20,42H2,1-2H3,(H,43,56)(H,44,54)(H,46,55). The molecule has 6 N–H and O–H groups in total. The topological polar surface area (TPSA) is 218 Å². The Morgan fingerprint density at radius 1 is 0.967 bits per heavy atom. The van der Waals surface area contributed by atoms with Crippen LogP contribution < -0.4 is 27.2 Å². The normalized spacial score (nSPS) is 14.1. The fourth-order valence-electron chi connectivity index (χ4n) is 6.90. The van der Waals surface area contributed by atoms with Gasteiger partial charge < -0.3 is 26.6 Å². The summed E-state index contributed by atoms with van der Waals surface area (Å²) in [7, 11) is 1.56. The molecule has 60 heavy (non-hydrogen) atoms. The number of hydrogen-bond acceptors (Lipinski definition) is 14. The smallest absolute Gasteiger partial charge is 0.301 e. The van der Waals surface area contributed by atoms with Crippen LogP contribution in [-0.4, -0.2) is 80.6 Å². The maximum atomic E-state index is 13.6. The number of H-pyrrole nitrogens is 1. The van der Waals surface area contributed by atoms with E-state index in [-0.39, 0.29) is 35.4 Å². The molecule has 19 heteroatoms. The monoisotopic (exact) mass is 860 g/mol. The summed E-state index contributed by atoms with van der Waals surface area (Å²) >= 11 is 3.86. The van der Waals surface area contributed by atoms with Crippen molar-refractivity contribution in [1.29, 1.82) is 0 Å². The maximum absolute atomic E-state index is 13.6. The van der Waals surface area contributed by atoms with Crippen LogP contribution in [0.3, 0.4) is 0 Å². The summed E-state index contributed by atoms with van der Waals surface area (Å²) in [5.41, 5.74) is 10.3. The van der Waals surface area contributed by atoms with E-state index >= 15 is 0 Å². The molecule has 7 aromatic rings. The Labute approximate surface area is 355 Å². The van der Waals surface area contributed by atoms with Gasteiger partial charge in [-0.3, -0.25) is 24.3 Å². The predicted molar refractivity (Wildman–Crippen MR) is 235 cm³/mol. The first-order chi connectivity index (χ1) is 29.2. The molecular weight excluding hydrogens is 821 g/mol. The van der Waals surface area contributed by atoms with Crippen LogP contribution in [0, 0.1) is 5.92 Å². The molecular formula is C41H40N12O4S3. The van der Waals surface area contributed by atoms with Crippen LogP contribution in [0.2, 0.25) is 0 Å². The number of likely N-dealkylation sites (tertiary alicyclic amines) is 1. The Balaban J connectivity index is 0.819. The van der Waals surface area contributed by atoms with Gasteiger partial charge in [0.15, 0.2) is 5.69 Å². The number of carbonyl (C=O) groups excluding carboxylic acids is 3. The van der Waals surface area contributed by atoms with Crippen LogP contribution in [0.4, 0.5) is 16.5 Å². The number of nitrogens with two attached hydrogens (primary N) is 1. The van der Waals surface area contributed by atoms with Gasteiger partial charge in [0.1, 0.15) is 9.71 Å². The Kier molecular flexibility index (Phi) is 12.0. The van der Waals surface area contributed by atoms with Crippen molar-refractivity contribution in [2.75, 3.05) is 39.0 Å². The number of azo groups is 1. The SMILES string of the molecule is CNC(=O)c1sc2nc(C(C)NC(=O)C3CCN(CCNC(=O)c4ccc(-c5csc(-n6[nH]c(-c7ccccc7)c(N=Nc7nccs7)c6=O)n5)cc4)CC3)ccc2c1N. The van der Waals surface area contributed by atoms with Crippen molar-refractivity contribution in [3.8, 4) is 27.6 Å². The molecule has 1 aliphatic heterocycles. The number of aromatic nitrogens is 5. The van der Waals surface area contributed by atoms with E-state index in [1.165, 1.54) is 38.7 Å². The molecule has 0 aliphatic carbocycles. The first kappa shape index (κ1) is 40.4. The molecule has 1 atom stereocenters. The fraction of sp³-hybridized carbons (Fsp3) is 0.244. The number of nitrogens with one attached hydrogen (secondary N) is 4. The molecule has 8 rings (SSSR count). The number of nitrogens with zero attached hydrogens (tertiary/aromatic N) is 7. The Morgan fingerprint density at radius 2 is 1.75 bits per heavy atom. The quantitative estimate of drug-likeness (QED) is 0.0779. The van der Waals surface area contributed by atoms with Crippen LogP contribution in [0.15, 0.2) is 98.7 Å². The third kappa shape index (κ3) is 8.64. The largest absolute Gasteiger partial charge is 0.397 e. The Bertz CT molecular complexity index is 2730. The molecule has 0 radical (unpaired) electrons. The molecule has 1 aliphatic rings. The number of fused-ring (bicyclic) bond motifs is 1. The van der Waals surface area contributed by atoms with Gasteiger partial charge >= 0.3 is 5.56 Å². The second-order valence-electron chi connectivity index (χ2n) is 14.1. The van der Waals surface area contributed by atoms with Gasteiger partial charge in [0.05, 0.1) is 28.8 Å². The first-order valence-electron chi connectivity index (χ1n) is 19.2. The number of nitrogen functional groups attached to an aromatic ring is 1. The van der Waals surface area contributed by atoms with Crippen molar-refractivity contribution in [3.63, 3.8) is 0 Å². The number of rotatable bonds is 13. The summed E-state index contributed by atoms with van der Waals surface area (Å²) in [6.45, 7) is 4.52. The van der Waals surface area contributed by atoms with E-state index < -0.39 is 5.56 Å². The molecule has 2 aromatic carbocycles. The van der Waals surface area contributed by atoms with E-state index in [0.29, 0.717) is 74.2 Å². The number of benzene rings is 2. The third-order valence-corrected chi connectivity index (χ3v) is 12.8. The molecule has 0 saturated carbocycles. The van der Waals surface area contributed by atoms with Gasteiger partial charge in [0, 0.05) is 65.1 Å². The molecule has 1 saturated heterocycles. The molecule has 6 heterocycles. The van der Waals surface area contributed by atoms with Gasteiger partial charge in [0.2, 0.25) is 16.2 Å². The van der Waals surface area contributed by atoms with Crippen molar-refractivity contribution >= 4 is 78.5 Å². The minimum atomic E-state index is -0.393. The summed E-state index contributed by atoms with van der Waals surface area (Å²) in [6.07, 6.45) is 3.05. The van der Waals surface area contributed by atoms with Crippen LogP contribution in [0.1, 0.15) is 51.5 Å². The van der Waals surface area contributed by atoms with Gasteiger partial charge in [-0.15, -0.1) is 44.2 Å². The lowest BCUT2D eigenvalue weighted by atomic mass is 9.95. The molecule has 1 unspecified atom stereocenters. The summed E-state index contributed by atoms with van der Waals surface area (Å²) in [4.78, 5) is 68.9. The van der Waals surface area contributed by atoms with E-state index in [0.717, 1.165) is 29.6 Å². The predicted octanol–water partition coefficient (Wildman–Crippen LogP) is 6.70. The number of thiophene rings is 1. The van der Waals surface area contributed by atoms with E-state index in [1.54, 1.807) is 30.8 Å². The average molecular weight is 861 g/mol. The van der Waals surface area contributed by atoms with Crippen LogP contribution in [-0.2, 0) is 4.79 Å². The summed E-state index contributed by atoms with van der Waals surface area (Å²) in [5, 5.41) is 25.6. The number of aromatic amines is 1. The minimum absolute atomic E-state index is 0.0124. The second kappa shape index (κ2) is 17.8. The minimum Gasteiger partial charge on any atom is -0.397 e. The van der Waals surface area contributed by atoms with Gasteiger partial charge in [-0.1, -0.05) is 42.5 Å². The van der Waals surface area contributed by atoms with Crippen molar-refractivity contribution in [2.45, 2.75) is 25.8 Å². The lowest BCUT2D eigenvalue weighted by molar-refractivity contribution is -0.127. The zero-order chi connectivity index (χ0) is 41.8. The first-order valence-corrected chi connectivity index (χ1v) is 21.7. The zero-order valence-corrected chi connectivity index (χ0v) is 35.0. The lowest BCUT2D eigenvalue weighted by Crippen LogP contribution is -2.43. The molecule has 0 bridgehead atoms. The Hall–Kier alpha value is -6.41. The highest BCUT2D eigenvalue weighted by molar-refractivity contribution is 7.21. The van der Waals surface area contributed by atoms with Gasteiger partial charge in [-0.2, -0.15) is 4.68 Å². The Morgan fingerprint density at radius 3 is 2.48 bits per heavy atom. The molecule has 0 spiro atoms. The number of carbonyl (C=O) groups is 3. The molecule has 3 amide bonds. The lowest BCUT2D eigenvalue weighted by Gasteiger charge is -2.31. The fourth-order valence-corrected chi connectivity index (χ4v) is 9.19. The number of hydrogen-bond donors (Lipinski definition) is 5. The number of piperidine rings is 1. The molecule has 5 aromatic heterocycles. The number of pyridine rings is 1. The highest BCUT2D eigenvalue weighted by Gasteiger charge is 2.27. The van der Waals surface area contributed by atoms with Crippen molar-refractivity contribution in [3.05, 3.63) is 110 Å². The van der Waals surface area contributed by atoms with E-state index in [4.69, 9.17) is 10.7 Å². The van der Waals surface area contributed by atoms with Gasteiger partial charge in [0.25, 0.3) is 11.8 Å². The van der Waals surface area contributed by atoms with Gasteiger partial charge in [-0.25, -0.2) is 15.0 Å². The van der Waals surface area contributed by atoms with Crippen LogP contribution in [0.25, 0.3) is 37.9 Å². The van der Waals surface area contributed by atoms with Crippen molar-refractivity contribution in [2.24, 2.45) is 16.1 Å². The number of thiazole rings is 2. The summed E-state index contributed by atoms with van der Waals surface area (Å²) in [6, 6.07) is 20.0. The second-order valence-corrected chi connectivity index (χ2v) is 16.8. The van der Waals surface area contributed by atoms with Crippen molar-refractivity contribution < 1.29 is 14.4 Å². The molecule has 1 fully saturated rings.